The van der Waals surface area contributed by atoms with Gasteiger partial charge in [0.25, 0.3) is 5.91 Å². The molecule has 2 aromatic rings. The van der Waals surface area contributed by atoms with Crippen molar-refractivity contribution in [3.05, 3.63) is 46.4 Å². The summed E-state index contributed by atoms with van der Waals surface area (Å²) in [6.07, 6.45) is 0. The summed E-state index contributed by atoms with van der Waals surface area (Å²) >= 11 is 12.1. The third-order valence-electron chi connectivity index (χ3n) is 3.10. The van der Waals surface area contributed by atoms with Crippen LogP contribution in [-0.2, 0) is 4.79 Å². The Morgan fingerprint density at radius 2 is 1.78 bits per heavy atom. The van der Waals surface area contributed by atoms with Crippen molar-refractivity contribution in [1.29, 1.82) is 0 Å². The molecular formula is C16H13Cl2NO4. The summed E-state index contributed by atoms with van der Waals surface area (Å²) in [6.45, 7) is 0.743. The maximum Gasteiger partial charge on any atom is 0.262 e. The van der Waals surface area contributed by atoms with Gasteiger partial charge in [-0.2, -0.15) is 0 Å². The van der Waals surface area contributed by atoms with Gasteiger partial charge in [-0.3, -0.25) is 4.79 Å². The summed E-state index contributed by atoms with van der Waals surface area (Å²) in [5.74, 6) is 1.19. The van der Waals surface area contributed by atoms with Crippen LogP contribution in [0.1, 0.15) is 0 Å². The first-order chi connectivity index (χ1) is 11.1. The number of carbonyl (C=O) groups excluding carboxylic acids is 1. The van der Waals surface area contributed by atoms with Gasteiger partial charge >= 0.3 is 0 Å². The van der Waals surface area contributed by atoms with Crippen LogP contribution in [0.15, 0.2) is 36.4 Å². The average molecular weight is 354 g/mol. The van der Waals surface area contributed by atoms with E-state index in [1.54, 1.807) is 36.4 Å². The van der Waals surface area contributed by atoms with Gasteiger partial charge in [0, 0.05) is 12.1 Å². The van der Waals surface area contributed by atoms with Crippen LogP contribution in [-0.4, -0.2) is 25.7 Å². The van der Waals surface area contributed by atoms with Gasteiger partial charge in [-0.15, -0.1) is 0 Å². The molecule has 0 saturated carbocycles. The molecule has 23 heavy (non-hydrogen) atoms. The third-order valence-corrected chi connectivity index (χ3v) is 3.73. The standard InChI is InChI=1S/C16H13Cl2NO4/c17-10-3-1-2-4-13(10)23-9-16(20)19-12-8-15-14(7-11(12)18)21-5-6-22-15/h1-4,7-8H,5-6,9H2,(H,19,20). The summed E-state index contributed by atoms with van der Waals surface area (Å²) in [6, 6.07) is 10.2. The lowest BCUT2D eigenvalue weighted by molar-refractivity contribution is -0.118. The number of para-hydroxylation sites is 1. The Bertz CT molecular complexity index is 736. The quantitative estimate of drug-likeness (QED) is 0.908. The lowest BCUT2D eigenvalue weighted by Crippen LogP contribution is -2.21. The molecule has 0 aromatic heterocycles. The smallest absolute Gasteiger partial charge is 0.262 e. The molecule has 3 rings (SSSR count). The van der Waals surface area contributed by atoms with E-state index in [9.17, 15) is 4.79 Å². The summed E-state index contributed by atoms with van der Waals surface area (Å²) in [5.41, 5.74) is 0.434. The molecule has 0 radical (unpaired) electrons. The van der Waals surface area contributed by atoms with Crippen LogP contribution < -0.4 is 19.5 Å². The largest absolute Gasteiger partial charge is 0.486 e. The topological polar surface area (TPSA) is 56.8 Å². The van der Waals surface area contributed by atoms with E-state index in [1.807, 2.05) is 0 Å². The molecule has 2 aromatic carbocycles. The molecule has 0 saturated heterocycles. The van der Waals surface area contributed by atoms with E-state index in [1.165, 1.54) is 0 Å². The number of rotatable bonds is 4. The Hall–Kier alpha value is -2.11. The zero-order valence-corrected chi connectivity index (χ0v) is 13.5. The second kappa shape index (κ2) is 6.98. The molecule has 120 valence electrons. The van der Waals surface area contributed by atoms with Gasteiger partial charge < -0.3 is 19.5 Å². The van der Waals surface area contributed by atoms with Gasteiger partial charge in [-0.25, -0.2) is 0 Å². The minimum absolute atomic E-state index is 0.186. The van der Waals surface area contributed by atoms with Gasteiger partial charge in [0.1, 0.15) is 19.0 Å². The van der Waals surface area contributed by atoms with E-state index in [2.05, 4.69) is 5.32 Å². The van der Waals surface area contributed by atoms with Gasteiger partial charge in [-0.1, -0.05) is 35.3 Å². The highest BCUT2D eigenvalue weighted by molar-refractivity contribution is 6.34. The Kier molecular flexibility index (Phi) is 4.79. The average Bonchev–Trinajstić information content (AvgIpc) is 2.55. The van der Waals surface area contributed by atoms with Crippen LogP contribution in [0.4, 0.5) is 5.69 Å². The molecule has 1 amide bonds. The van der Waals surface area contributed by atoms with Crippen molar-refractivity contribution >= 4 is 34.8 Å². The molecule has 1 aliphatic rings. The molecule has 0 atom stereocenters. The number of fused-ring (bicyclic) bond motifs is 1. The molecule has 1 aliphatic heterocycles. The molecule has 1 heterocycles. The van der Waals surface area contributed by atoms with Gasteiger partial charge in [0.15, 0.2) is 18.1 Å². The van der Waals surface area contributed by atoms with Crippen molar-refractivity contribution in [3.8, 4) is 17.2 Å². The summed E-state index contributed by atoms with van der Waals surface area (Å²) in [4.78, 5) is 12.0. The van der Waals surface area contributed by atoms with Crippen molar-refractivity contribution in [2.75, 3.05) is 25.1 Å². The number of carbonyl (C=O) groups is 1. The van der Waals surface area contributed by atoms with Gasteiger partial charge in [0.2, 0.25) is 0 Å². The predicted molar refractivity (Wildman–Crippen MR) is 88.0 cm³/mol. The fraction of sp³-hybridized carbons (Fsp3) is 0.188. The molecule has 0 spiro atoms. The Labute approximate surface area is 143 Å². The predicted octanol–water partition coefficient (Wildman–Crippen LogP) is 3.78. The first-order valence-corrected chi connectivity index (χ1v) is 7.65. The number of benzene rings is 2. The van der Waals surface area contributed by atoms with E-state index >= 15 is 0 Å². The molecule has 1 N–H and O–H groups in total. The van der Waals surface area contributed by atoms with Crippen LogP contribution >= 0.6 is 23.2 Å². The minimum atomic E-state index is -0.358. The first kappa shape index (κ1) is 15.8. The normalized spacial score (nSPS) is 12.6. The number of hydrogen-bond acceptors (Lipinski definition) is 4. The van der Waals surface area contributed by atoms with Crippen molar-refractivity contribution in [2.45, 2.75) is 0 Å². The second-order valence-corrected chi connectivity index (χ2v) is 5.56. The molecule has 0 fully saturated rings. The molecule has 7 heteroatoms. The SMILES string of the molecule is O=C(COc1ccccc1Cl)Nc1cc2c(cc1Cl)OCCO2. The zero-order valence-electron chi connectivity index (χ0n) is 12.0. The van der Waals surface area contributed by atoms with E-state index < -0.39 is 0 Å². The summed E-state index contributed by atoms with van der Waals surface area (Å²) < 4.78 is 16.3. The Morgan fingerprint density at radius 1 is 1.09 bits per heavy atom. The number of ether oxygens (including phenoxy) is 3. The molecule has 0 bridgehead atoms. The molecule has 5 nitrogen and oxygen atoms in total. The van der Waals surface area contributed by atoms with Crippen molar-refractivity contribution in [1.82, 2.24) is 0 Å². The van der Waals surface area contributed by atoms with E-state index in [0.717, 1.165) is 0 Å². The fourth-order valence-corrected chi connectivity index (χ4v) is 2.44. The molecule has 0 unspecified atom stereocenters. The van der Waals surface area contributed by atoms with Gasteiger partial charge in [-0.05, 0) is 12.1 Å². The maximum absolute atomic E-state index is 12.0. The van der Waals surface area contributed by atoms with E-state index in [0.29, 0.717) is 46.2 Å². The highest BCUT2D eigenvalue weighted by Gasteiger charge is 2.16. The fourth-order valence-electron chi connectivity index (χ4n) is 2.05. The van der Waals surface area contributed by atoms with Crippen molar-refractivity contribution in [3.63, 3.8) is 0 Å². The van der Waals surface area contributed by atoms with Crippen LogP contribution in [0.2, 0.25) is 10.0 Å². The van der Waals surface area contributed by atoms with Crippen molar-refractivity contribution < 1.29 is 19.0 Å². The zero-order chi connectivity index (χ0) is 16.2. The van der Waals surface area contributed by atoms with Crippen LogP contribution in [0, 0.1) is 0 Å². The van der Waals surface area contributed by atoms with E-state index in [-0.39, 0.29) is 12.5 Å². The van der Waals surface area contributed by atoms with E-state index in [4.69, 9.17) is 37.4 Å². The number of amides is 1. The van der Waals surface area contributed by atoms with Gasteiger partial charge in [0.05, 0.1) is 15.7 Å². The summed E-state index contributed by atoms with van der Waals surface area (Å²) in [5, 5.41) is 3.48. The molecule has 0 aliphatic carbocycles. The highest BCUT2D eigenvalue weighted by Crippen LogP contribution is 2.37. The van der Waals surface area contributed by atoms with Crippen LogP contribution in [0.3, 0.4) is 0 Å². The second-order valence-electron chi connectivity index (χ2n) is 4.74. The highest BCUT2D eigenvalue weighted by atomic mass is 35.5. The maximum atomic E-state index is 12.0. The third kappa shape index (κ3) is 3.81. The Balaban J connectivity index is 1.65. The number of halogens is 2. The van der Waals surface area contributed by atoms with Crippen LogP contribution in [0.5, 0.6) is 17.2 Å². The number of nitrogens with one attached hydrogen (secondary N) is 1. The monoisotopic (exact) mass is 353 g/mol. The van der Waals surface area contributed by atoms with Crippen molar-refractivity contribution in [2.24, 2.45) is 0 Å². The summed E-state index contributed by atoms with van der Waals surface area (Å²) in [7, 11) is 0. The Morgan fingerprint density at radius 3 is 2.52 bits per heavy atom. The lowest BCUT2D eigenvalue weighted by atomic mass is 10.2. The number of hydrogen-bond donors (Lipinski definition) is 1. The lowest BCUT2D eigenvalue weighted by Gasteiger charge is -2.20. The first-order valence-electron chi connectivity index (χ1n) is 6.90. The molecular weight excluding hydrogens is 341 g/mol. The van der Waals surface area contributed by atoms with Crippen LogP contribution in [0.25, 0.3) is 0 Å². The minimum Gasteiger partial charge on any atom is -0.486 e. The number of anilines is 1.